The minimum Gasteiger partial charge on any atom is -0.198 e. The molecule has 16 heavy (non-hydrogen) atoms. The van der Waals surface area contributed by atoms with E-state index in [0.717, 1.165) is 6.42 Å². The number of hydrogen-bond donors (Lipinski definition) is 0. The minimum atomic E-state index is -1.35. The van der Waals surface area contributed by atoms with Crippen molar-refractivity contribution in [1.29, 1.82) is 5.26 Å². The second-order valence-electron chi connectivity index (χ2n) is 6.62. The fraction of sp³-hybridized carbons (Fsp3) is 0.786. The van der Waals surface area contributed by atoms with Gasteiger partial charge in [0.1, 0.15) is 0 Å². The normalized spacial score (nSPS) is 28.6. The zero-order valence-electron chi connectivity index (χ0n) is 11.3. The van der Waals surface area contributed by atoms with Crippen LogP contribution < -0.4 is 0 Å². The molecule has 1 aliphatic rings. The average Bonchev–Trinajstić information content (AvgIpc) is 2.18. The van der Waals surface area contributed by atoms with E-state index in [-0.39, 0.29) is 11.0 Å². The summed E-state index contributed by atoms with van der Waals surface area (Å²) in [5.74, 6) is 0. The first-order chi connectivity index (χ1) is 7.29. The predicted molar refractivity (Wildman–Crippen MR) is 73.0 cm³/mol. The van der Waals surface area contributed by atoms with Crippen LogP contribution in [0.4, 0.5) is 0 Å². The Morgan fingerprint density at radius 3 is 2.50 bits per heavy atom. The maximum absolute atomic E-state index is 9.35. The molecule has 0 aromatic rings. The Labute approximate surface area is 102 Å². The van der Waals surface area contributed by atoms with Crippen molar-refractivity contribution < 1.29 is 0 Å². The summed E-state index contributed by atoms with van der Waals surface area (Å²) >= 11 is 0. The standard InChI is InChI=1S/C14H25NSi/c1-12-8-6-7-9-14(12,2)10-13(11-15)16(3,4)5/h13H,1,6-10H2,2-5H3/t13?,14-/m1/s1. The second kappa shape index (κ2) is 4.75. The molecule has 2 heteroatoms. The van der Waals surface area contributed by atoms with Crippen LogP contribution in [-0.2, 0) is 0 Å². The Kier molecular flexibility index (Phi) is 4.01. The van der Waals surface area contributed by atoms with Crippen molar-refractivity contribution in [2.45, 2.75) is 64.2 Å². The number of nitrogens with zero attached hydrogens (tertiary/aromatic N) is 1. The van der Waals surface area contributed by atoms with Gasteiger partial charge in [0.05, 0.1) is 14.1 Å². The summed E-state index contributed by atoms with van der Waals surface area (Å²) in [6.07, 6.45) is 6.03. The molecular weight excluding hydrogens is 210 g/mol. The van der Waals surface area contributed by atoms with E-state index in [0.29, 0.717) is 0 Å². The third kappa shape index (κ3) is 2.98. The maximum Gasteiger partial charge on any atom is 0.0640 e. The Hall–Kier alpha value is -0.553. The van der Waals surface area contributed by atoms with Gasteiger partial charge >= 0.3 is 0 Å². The van der Waals surface area contributed by atoms with Crippen LogP contribution in [0.3, 0.4) is 0 Å². The maximum atomic E-state index is 9.35. The van der Waals surface area contributed by atoms with E-state index >= 15 is 0 Å². The lowest BCUT2D eigenvalue weighted by molar-refractivity contribution is 0.284. The fourth-order valence-corrected chi connectivity index (χ4v) is 4.02. The van der Waals surface area contributed by atoms with Crippen LogP contribution in [0.1, 0.15) is 39.0 Å². The summed E-state index contributed by atoms with van der Waals surface area (Å²) in [5.41, 5.74) is 1.89. The Bertz CT molecular complexity index is 308. The molecule has 0 spiro atoms. The van der Waals surface area contributed by atoms with Gasteiger partial charge < -0.3 is 0 Å². The van der Waals surface area contributed by atoms with E-state index in [1.54, 1.807) is 0 Å². The summed E-state index contributed by atoms with van der Waals surface area (Å²) in [5, 5.41) is 9.35. The zero-order chi connectivity index (χ0) is 12.4. The van der Waals surface area contributed by atoms with Crippen LogP contribution in [0.2, 0.25) is 25.2 Å². The van der Waals surface area contributed by atoms with Gasteiger partial charge in [-0.2, -0.15) is 5.26 Å². The molecule has 0 bridgehead atoms. The van der Waals surface area contributed by atoms with Crippen molar-refractivity contribution in [3.63, 3.8) is 0 Å². The van der Waals surface area contributed by atoms with Crippen LogP contribution in [-0.4, -0.2) is 8.07 Å². The van der Waals surface area contributed by atoms with Crippen LogP contribution >= 0.6 is 0 Å². The van der Waals surface area contributed by atoms with E-state index in [2.05, 4.69) is 39.2 Å². The van der Waals surface area contributed by atoms with Crippen LogP contribution in [0.25, 0.3) is 0 Å². The number of hydrogen-bond acceptors (Lipinski definition) is 1. The highest BCUT2D eigenvalue weighted by Crippen LogP contribution is 2.47. The first-order valence-corrected chi connectivity index (χ1v) is 9.95. The molecule has 0 aliphatic heterocycles. The van der Waals surface area contributed by atoms with E-state index in [1.165, 1.54) is 31.3 Å². The molecule has 90 valence electrons. The lowest BCUT2D eigenvalue weighted by Crippen LogP contribution is -2.33. The minimum absolute atomic E-state index is 0.235. The lowest BCUT2D eigenvalue weighted by atomic mass is 9.69. The summed E-state index contributed by atoms with van der Waals surface area (Å²) in [4.78, 5) is 0. The van der Waals surface area contributed by atoms with Gasteiger partial charge in [-0.25, -0.2) is 0 Å². The van der Waals surface area contributed by atoms with Crippen molar-refractivity contribution in [1.82, 2.24) is 0 Å². The summed E-state index contributed by atoms with van der Waals surface area (Å²) in [7, 11) is -1.35. The Balaban J connectivity index is 2.78. The predicted octanol–water partition coefficient (Wildman–Crippen LogP) is 4.74. The molecule has 1 saturated carbocycles. The highest BCUT2D eigenvalue weighted by molar-refractivity contribution is 6.78. The molecule has 0 amide bonds. The quantitative estimate of drug-likeness (QED) is 0.512. The summed E-state index contributed by atoms with van der Waals surface area (Å²) < 4.78 is 0. The first-order valence-electron chi connectivity index (χ1n) is 6.37. The van der Waals surface area contributed by atoms with Crippen molar-refractivity contribution in [3.05, 3.63) is 12.2 Å². The van der Waals surface area contributed by atoms with Gasteiger partial charge in [0.25, 0.3) is 0 Å². The molecule has 1 rings (SSSR count). The largest absolute Gasteiger partial charge is 0.198 e. The van der Waals surface area contributed by atoms with E-state index in [4.69, 9.17) is 0 Å². The van der Waals surface area contributed by atoms with E-state index < -0.39 is 8.07 Å². The number of nitriles is 1. The third-order valence-electron chi connectivity index (χ3n) is 4.17. The van der Waals surface area contributed by atoms with Crippen LogP contribution in [0.5, 0.6) is 0 Å². The van der Waals surface area contributed by atoms with Gasteiger partial charge in [0.2, 0.25) is 0 Å². The van der Waals surface area contributed by atoms with Gasteiger partial charge in [-0.1, -0.05) is 45.1 Å². The zero-order valence-corrected chi connectivity index (χ0v) is 12.3. The number of rotatable bonds is 3. The topological polar surface area (TPSA) is 23.8 Å². The Morgan fingerprint density at radius 2 is 2.06 bits per heavy atom. The molecule has 0 aromatic carbocycles. The molecule has 0 radical (unpaired) electrons. The molecule has 1 unspecified atom stereocenters. The van der Waals surface area contributed by atoms with Gasteiger partial charge in [-0.15, -0.1) is 0 Å². The monoisotopic (exact) mass is 235 g/mol. The first kappa shape index (κ1) is 13.5. The second-order valence-corrected chi connectivity index (χ2v) is 12.1. The highest BCUT2D eigenvalue weighted by Gasteiger charge is 2.37. The summed E-state index contributed by atoms with van der Waals surface area (Å²) in [6, 6.07) is 2.56. The smallest absolute Gasteiger partial charge is 0.0640 e. The van der Waals surface area contributed by atoms with Crippen molar-refractivity contribution >= 4 is 8.07 Å². The molecule has 0 saturated heterocycles. The van der Waals surface area contributed by atoms with Gasteiger partial charge in [-0.05, 0) is 31.1 Å². The molecule has 0 aromatic heterocycles. The average molecular weight is 235 g/mol. The van der Waals surface area contributed by atoms with Gasteiger partial charge in [0.15, 0.2) is 0 Å². The molecule has 0 N–H and O–H groups in total. The van der Waals surface area contributed by atoms with Gasteiger partial charge in [0, 0.05) is 5.54 Å². The SMILES string of the molecule is C=C1CCCC[C@]1(C)CC(C#N)[Si](C)(C)C. The lowest BCUT2D eigenvalue weighted by Gasteiger charge is -2.39. The summed E-state index contributed by atoms with van der Waals surface area (Å²) in [6.45, 7) is 13.5. The molecule has 1 nitrogen and oxygen atoms in total. The van der Waals surface area contributed by atoms with Crippen molar-refractivity contribution in [3.8, 4) is 6.07 Å². The third-order valence-corrected chi connectivity index (χ3v) is 6.59. The molecule has 1 aliphatic carbocycles. The highest BCUT2D eigenvalue weighted by atomic mass is 28.3. The molecule has 0 heterocycles. The van der Waals surface area contributed by atoms with Gasteiger partial charge in [-0.3, -0.25) is 0 Å². The van der Waals surface area contributed by atoms with Crippen LogP contribution in [0, 0.1) is 16.7 Å². The van der Waals surface area contributed by atoms with E-state index in [1.807, 2.05) is 0 Å². The molecular formula is C14H25NSi. The Morgan fingerprint density at radius 1 is 1.44 bits per heavy atom. The van der Waals surface area contributed by atoms with Crippen molar-refractivity contribution in [2.75, 3.05) is 0 Å². The fourth-order valence-electron chi connectivity index (χ4n) is 2.57. The van der Waals surface area contributed by atoms with Crippen molar-refractivity contribution in [2.24, 2.45) is 5.41 Å². The number of allylic oxidation sites excluding steroid dienone is 1. The van der Waals surface area contributed by atoms with Crippen LogP contribution in [0.15, 0.2) is 12.2 Å². The molecule has 2 atom stereocenters. The van der Waals surface area contributed by atoms with E-state index in [9.17, 15) is 5.26 Å². The molecule has 1 fully saturated rings.